The number of carbonyl (C=O) groups is 3. The van der Waals surface area contributed by atoms with Gasteiger partial charge in [0.2, 0.25) is 5.91 Å². The molecule has 1 amide bonds. The minimum atomic E-state index is -0.826. The van der Waals surface area contributed by atoms with Crippen LogP contribution in [0.4, 0.5) is 0 Å². The molecule has 0 spiro atoms. The summed E-state index contributed by atoms with van der Waals surface area (Å²) in [6.07, 6.45) is 16.5. The number of carbonyl (C=O) groups excluding carboxylic acids is 2. The number of ether oxygens (including phenoxy) is 1. The van der Waals surface area contributed by atoms with Crippen molar-refractivity contribution in [1.82, 2.24) is 15.3 Å². The number of nitrogens with one attached hydrogen (secondary N) is 2. The minimum Gasteiger partial charge on any atom is -0.481 e. The molecule has 13 unspecified atom stereocenters. The lowest BCUT2D eigenvalue weighted by atomic mass is 9.38. The van der Waals surface area contributed by atoms with E-state index in [-0.39, 0.29) is 52.1 Å². The van der Waals surface area contributed by atoms with Gasteiger partial charge in [-0.15, -0.1) is 0 Å². The summed E-state index contributed by atoms with van der Waals surface area (Å²) in [6.45, 7) is 13.3. The first-order valence-corrected chi connectivity index (χ1v) is 22.2. The molecule has 0 aliphatic heterocycles. The molecule has 7 aliphatic carbocycles. The highest BCUT2D eigenvalue weighted by molar-refractivity contribution is 5.84. The number of amides is 1. The van der Waals surface area contributed by atoms with Crippen LogP contribution in [0.1, 0.15) is 137 Å². The molecule has 56 heavy (non-hydrogen) atoms. The molecule has 9 rings (SSSR count). The molecule has 9 heteroatoms. The van der Waals surface area contributed by atoms with E-state index in [4.69, 9.17) is 15.5 Å². The average molecular weight is 769 g/mol. The molecule has 9 nitrogen and oxygen atoms in total. The summed E-state index contributed by atoms with van der Waals surface area (Å²) in [4.78, 5) is 47.4. The summed E-state index contributed by atoms with van der Waals surface area (Å²) in [7, 11) is 0. The average Bonchev–Trinajstić information content (AvgIpc) is 3.56. The Bertz CT molecular complexity index is 1790. The van der Waals surface area contributed by atoms with Crippen LogP contribution in [0.5, 0.6) is 0 Å². The van der Waals surface area contributed by atoms with Crippen LogP contribution in [0, 0.1) is 69.5 Å². The number of fused-ring (bicyclic) bond motifs is 7. The van der Waals surface area contributed by atoms with Crippen LogP contribution in [0.25, 0.3) is 11.3 Å². The van der Waals surface area contributed by atoms with Gasteiger partial charge in [-0.1, -0.05) is 77.3 Å². The SMILES string of the molecule is CC1C(C(=O)O)CC1C(=O)OC1CCC2(C)C(CCC3(C)C4CCC5(C(=O)NC(C)(C)c6ncc(-c7ccccc7)[nH]6)CCCC5C4CCC23)C1N.CC1CC1. The number of carboxylic acid groups (broad SMARTS) is 1. The van der Waals surface area contributed by atoms with E-state index in [1.807, 2.05) is 31.3 Å². The zero-order chi connectivity index (χ0) is 39.8. The Hall–Kier alpha value is -3.20. The first-order valence-electron chi connectivity index (χ1n) is 22.2. The Balaban J connectivity index is 0.00000104. The van der Waals surface area contributed by atoms with Gasteiger partial charge >= 0.3 is 11.9 Å². The van der Waals surface area contributed by atoms with Crippen molar-refractivity contribution in [3.63, 3.8) is 0 Å². The van der Waals surface area contributed by atoms with Crippen LogP contribution in [-0.4, -0.2) is 45.1 Å². The Morgan fingerprint density at radius 1 is 0.875 bits per heavy atom. The molecule has 0 radical (unpaired) electrons. The zero-order valence-corrected chi connectivity index (χ0v) is 34.8. The lowest BCUT2D eigenvalue weighted by molar-refractivity contribution is -0.197. The molecule has 2 aromatic rings. The third-order valence-corrected chi connectivity index (χ3v) is 17.4. The van der Waals surface area contributed by atoms with Crippen LogP contribution in [0.2, 0.25) is 0 Å². The fourth-order valence-electron chi connectivity index (χ4n) is 13.7. The molecular weight excluding hydrogens is 701 g/mol. The van der Waals surface area contributed by atoms with Gasteiger partial charge in [-0.25, -0.2) is 4.98 Å². The number of hydrogen-bond acceptors (Lipinski definition) is 6. The number of imidazole rings is 1. The number of rotatable bonds is 7. The van der Waals surface area contributed by atoms with Crippen LogP contribution in [-0.2, 0) is 24.7 Å². The van der Waals surface area contributed by atoms with E-state index in [0.29, 0.717) is 36.0 Å². The number of esters is 1. The first kappa shape index (κ1) is 39.6. The van der Waals surface area contributed by atoms with Crippen molar-refractivity contribution in [2.45, 2.75) is 149 Å². The number of aliphatic carboxylic acids is 1. The van der Waals surface area contributed by atoms with Crippen molar-refractivity contribution in [1.29, 1.82) is 0 Å². The van der Waals surface area contributed by atoms with Crippen LogP contribution < -0.4 is 11.1 Å². The molecule has 5 N–H and O–H groups in total. The highest BCUT2D eigenvalue weighted by Gasteiger charge is 2.66. The number of carboxylic acids is 1. The maximum absolute atomic E-state index is 14.6. The van der Waals surface area contributed by atoms with Crippen molar-refractivity contribution in [2.75, 3.05) is 0 Å². The smallest absolute Gasteiger partial charge is 0.309 e. The van der Waals surface area contributed by atoms with Gasteiger partial charge in [-0.3, -0.25) is 14.4 Å². The summed E-state index contributed by atoms with van der Waals surface area (Å²) >= 11 is 0. The fraction of sp³-hybridized carbons (Fsp3) is 0.745. The predicted octanol–water partition coefficient (Wildman–Crippen LogP) is 8.88. The largest absolute Gasteiger partial charge is 0.481 e. The van der Waals surface area contributed by atoms with Crippen LogP contribution in [0.15, 0.2) is 36.5 Å². The Kier molecular flexibility index (Phi) is 10.3. The third kappa shape index (κ3) is 6.63. The molecular formula is C47H68N4O5. The van der Waals surface area contributed by atoms with Crippen molar-refractivity contribution in [2.24, 2.45) is 75.2 Å². The lowest BCUT2D eigenvalue weighted by Crippen LogP contribution is -2.65. The second-order valence-electron chi connectivity index (χ2n) is 20.8. The molecule has 7 saturated carbocycles. The van der Waals surface area contributed by atoms with Gasteiger partial charge in [-0.05, 0) is 142 Å². The summed E-state index contributed by atoms with van der Waals surface area (Å²) in [5.74, 6) is 2.43. The second-order valence-corrected chi connectivity index (χ2v) is 20.8. The summed E-state index contributed by atoms with van der Waals surface area (Å²) < 4.78 is 6.11. The Morgan fingerprint density at radius 3 is 2.23 bits per heavy atom. The molecule has 0 bridgehead atoms. The first-order chi connectivity index (χ1) is 26.6. The van der Waals surface area contributed by atoms with Gasteiger partial charge in [0, 0.05) is 6.04 Å². The molecule has 0 saturated heterocycles. The molecule has 306 valence electrons. The topological polar surface area (TPSA) is 147 Å². The van der Waals surface area contributed by atoms with Crippen molar-refractivity contribution in [3.8, 4) is 11.3 Å². The second kappa shape index (κ2) is 14.6. The monoisotopic (exact) mass is 769 g/mol. The molecule has 1 aromatic carbocycles. The molecule has 13 atom stereocenters. The fourth-order valence-corrected chi connectivity index (χ4v) is 13.7. The van der Waals surface area contributed by atoms with Gasteiger partial charge in [0.15, 0.2) is 0 Å². The van der Waals surface area contributed by atoms with E-state index >= 15 is 0 Å². The standard InChI is InChI=1S/C43H60N4O5.C4H8/c1-24-27(36(48)49)22-28(24)37(50)52-33-17-20-42(5)31(35(33)44)15-19-41(4)29-16-21-43(18-9-12-30(43)26(29)13-14-34(41)42)39(51)47-40(2,3)38-45-23-32(46-38)25-10-7-6-8-11-25;1-4-2-3-4/h6-8,10-11,23-24,26-31,33-35H,9,12-22,44H2,1-5H3,(H,45,46)(H,47,51)(H,48,49);4H,2-3H2,1H3. The molecule has 7 fully saturated rings. The van der Waals surface area contributed by atoms with E-state index in [1.165, 1.54) is 25.7 Å². The van der Waals surface area contributed by atoms with E-state index in [9.17, 15) is 19.5 Å². The summed E-state index contributed by atoms with van der Waals surface area (Å²) in [6, 6.07) is 9.99. The Morgan fingerprint density at radius 2 is 1.55 bits per heavy atom. The Labute approximate surface area is 334 Å². The van der Waals surface area contributed by atoms with E-state index in [2.05, 4.69) is 57.1 Å². The van der Waals surface area contributed by atoms with E-state index < -0.39 is 17.4 Å². The zero-order valence-electron chi connectivity index (χ0n) is 34.8. The van der Waals surface area contributed by atoms with E-state index in [1.54, 1.807) is 0 Å². The van der Waals surface area contributed by atoms with Gasteiger partial charge < -0.3 is 25.9 Å². The van der Waals surface area contributed by atoms with Crippen molar-refractivity contribution < 1.29 is 24.2 Å². The number of benzene rings is 1. The normalized spacial score (nSPS) is 41.3. The highest BCUT2D eigenvalue weighted by atomic mass is 16.5. The van der Waals surface area contributed by atoms with Crippen LogP contribution in [0.3, 0.4) is 0 Å². The number of hydrogen-bond donors (Lipinski definition) is 4. The van der Waals surface area contributed by atoms with Gasteiger partial charge in [0.25, 0.3) is 0 Å². The minimum absolute atomic E-state index is 0.0890. The highest BCUT2D eigenvalue weighted by Crippen LogP contribution is 2.71. The van der Waals surface area contributed by atoms with Crippen molar-refractivity contribution >= 4 is 17.8 Å². The summed E-state index contributed by atoms with van der Waals surface area (Å²) in [5.41, 5.74) is 8.45. The molecule has 1 aromatic heterocycles. The third-order valence-electron chi connectivity index (χ3n) is 17.4. The quantitative estimate of drug-likeness (QED) is 0.206. The maximum atomic E-state index is 14.6. The number of H-pyrrole nitrogens is 1. The van der Waals surface area contributed by atoms with Crippen LogP contribution >= 0.6 is 0 Å². The maximum Gasteiger partial charge on any atom is 0.309 e. The predicted molar refractivity (Wildman–Crippen MR) is 217 cm³/mol. The molecule has 7 aliphatic rings. The number of nitrogens with zero attached hydrogens (tertiary/aromatic N) is 1. The number of aromatic amines is 1. The van der Waals surface area contributed by atoms with Gasteiger partial charge in [0.1, 0.15) is 11.9 Å². The number of aromatic nitrogens is 2. The van der Waals surface area contributed by atoms with Gasteiger partial charge in [-0.2, -0.15) is 0 Å². The summed E-state index contributed by atoms with van der Waals surface area (Å²) in [5, 5.41) is 12.9. The van der Waals surface area contributed by atoms with E-state index in [0.717, 1.165) is 80.8 Å². The van der Waals surface area contributed by atoms with Crippen molar-refractivity contribution in [3.05, 3.63) is 42.4 Å². The number of nitrogens with two attached hydrogens (primary N) is 1. The lowest BCUT2D eigenvalue weighted by Gasteiger charge is -2.67. The van der Waals surface area contributed by atoms with Gasteiger partial charge in [0.05, 0.1) is 34.7 Å². The molecule has 1 heterocycles.